The van der Waals surface area contributed by atoms with Crippen LogP contribution in [0.15, 0.2) is 6.20 Å². The van der Waals surface area contributed by atoms with Crippen LogP contribution in [-0.2, 0) is 21.8 Å². The van der Waals surface area contributed by atoms with Gasteiger partial charge in [0, 0.05) is 17.5 Å². The van der Waals surface area contributed by atoms with E-state index in [1.165, 1.54) is 0 Å². The lowest BCUT2D eigenvalue weighted by atomic mass is 10.3. The molecule has 0 amide bonds. The van der Waals surface area contributed by atoms with E-state index in [1.54, 1.807) is 24.5 Å². The molecule has 0 aliphatic heterocycles. The van der Waals surface area contributed by atoms with Crippen molar-refractivity contribution in [2.45, 2.75) is 25.6 Å². The Labute approximate surface area is 92.1 Å². The summed E-state index contributed by atoms with van der Waals surface area (Å²) in [6, 6.07) is 0. The number of aryl methyl sites for hydroxylation is 1. The van der Waals surface area contributed by atoms with E-state index >= 15 is 0 Å². The van der Waals surface area contributed by atoms with Crippen LogP contribution in [-0.4, -0.2) is 17.6 Å². The van der Waals surface area contributed by atoms with Crippen molar-refractivity contribution in [1.82, 2.24) is 4.98 Å². The molecule has 0 spiro atoms. The third-order valence-corrected chi connectivity index (χ3v) is 3.08. The Kier molecular flexibility index (Phi) is 4.90. The van der Waals surface area contributed by atoms with Crippen LogP contribution in [0.1, 0.15) is 23.2 Å². The van der Waals surface area contributed by atoms with E-state index in [1.807, 2.05) is 0 Å². The molecule has 0 aliphatic rings. The second-order valence-electron chi connectivity index (χ2n) is 2.66. The number of alkyl halides is 1. The number of aromatic nitrogens is 1. The van der Waals surface area contributed by atoms with Gasteiger partial charge < -0.3 is 4.74 Å². The largest absolute Gasteiger partial charge is 0.466 e. The normalized spacial score (nSPS) is 10.1. The third kappa shape index (κ3) is 3.64. The first kappa shape index (κ1) is 11.5. The number of esters is 1. The second-order valence-corrected chi connectivity index (χ2v) is 4.13. The highest BCUT2D eigenvalue weighted by Gasteiger charge is 2.05. The highest BCUT2D eigenvalue weighted by atomic mass is 35.5. The van der Waals surface area contributed by atoms with Crippen LogP contribution in [0, 0.1) is 0 Å². The molecular formula is C9H12ClNO2S. The zero-order valence-corrected chi connectivity index (χ0v) is 9.53. The van der Waals surface area contributed by atoms with Crippen molar-refractivity contribution < 1.29 is 9.53 Å². The number of carbonyl (C=O) groups is 1. The van der Waals surface area contributed by atoms with E-state index in [2.05, 4.69) is 4.98 Å². The molecule has 0 bridgehead atoms. The summed E-state index contributed by atoms with van der Waals surface area (Å²) in [7, 11) is 0. The molecule has 1 heterocycles. The summed E-state index contributed by atoms with van der Waals surface area (Å²) in [5.41, 5.74) is 0. The lowest BCUT2D eigenvalue weighted by Gasteiger charge is -1.98. The number of rotatable bonds is 5. The molecule has 0 unspecified atom stereocenters. The summed E-state index contributed by atoms with van der Waals surface area (Å²) < 4.78 is 4.81. The van der Waals surface area contributed by atoms with Gasteiger partial charge in [-0.2, -0.15) is 0 Å². The fourth-order valence-electron chi connectivity index (χ4n) is 0.968. The number of nitrogens with zero attached hydrogens (tertiary/aromatic N) is 1. The summed E-state index contributed by atoms with van der Waals surface area (Å²) in [5, 5.41) is 0.939. The smallest absolute Gasteiger partial charge is 0.306 e. The Balaban J connectivity index is 2.34. The number of hydrogen-bond donors (Lipinski definition) is 0. The van der Waals surface area contributed by atoms with Gasteiger partial charge in [0.15, 0.2) is 0 Å². The maximum atomic E-state index is 11.0. The first-order chi connectivity index (χ1) is 6.76. The van der Waals surface area contributed by atoms with Gasteiger partial charge >= 0.3 is 5.97 Å². The monoisotopic (exact) mass is 233 g/mol. The summed E-state index contributed by atoms with van der Waals surface area (Å²) in [6.45, 7) is 2.23. The van der Waals surface area contributed by atoms with Crippen LogP contribution < -0.4 is 0 Å². The Hall–Kier alpha value is -0.610. The van der Waals surface area contributed by atoms with Crippen LogP contribution >= 0.6 is 22.9 Å². The van der Waals surface area contributed by atoms with Gasteiger partial charge in [0.25, 0.3) is 0 Å². The van der Waals surface area contributed by atoms with E-state index in [-0.39, 0.29) is 5.97 Å². The molecule has 0 N–H and O–H groups in total. The summed E-state index contributed by atoms with van der Waals surface area (Å²) in [6.07, 6.45) is 2.78. The zero-order valence-electron chi connectivity index (χ0n) is 7.96. The maximum Gasteiger partial charge on any atom is 0.306 e. The Bertz CT molecular complexity index is 301. The molecule has 0 radical (unpaired) electrons. The molecule has 0 aromatic carbocycles. The first-order valence-electron chi connectivity index (χ1n) is 4.41. The average molecular weight is 234 g/mol. The molecule has 78 valence electrons. The lowest BCUT2D eigenvalue weighted by molar-refractivity contribution is -0.143. The van der Waals surface area contributed by atoms with Crippen molar-refractivity contribution in [3.63, 3.8) is 0 Å². The van der Waals surface area contributed by atoms with Gasteiger partial charge in [-0.05, 0) is 6.92 Å². The van der Waals surface area contributed by atoms with Crippen LogP contribution in [0.5, 0.6) is 0 Å². The molecule has 0 saturated heterocycles. The standard InChI is InChI=1S/C9H12ClNO2S/c1-2-13-9(12)4-3-8-11-6-7(5-10)14-8/h6H,2-5H2,1H3. The van der Waals surface area contributed by atoms with Crippen molar-refractivity contribution in [2.75, 3.05) is 6.61 Å². The van der Waals surface area contributed by atoms with Crippen LogP contribution in [0.4, 0.5) is 0 Å². The molecule has 1 aromatic heterocycles. The molecule has 1 rings (SSSR count). The summed E-state index contributed by atoms with van der Waals surface area (Å²) in [4.78, 5) is 16.2. The SMILES string of the molecule is CCOC(=O)CCc1ncc(CCl)s1. The van der Waals surface area contributed by atoms with Gasteiger partial charge in [0.1, 0.15) is 0 Å². The number of ether oxygens (including phenoxy) is 1. The molecule has 1 aromatic rings. The van der Waals surface area contributed by atoms with Crippen LogP contribution in [0.2, 0.25) is 0 Å². The van der Waals surface area contributed by atoms with Crippen molar-refractivity contribution in [1.29, 1.82) is 0 Å². The predicted octanol–water partition coefficient (Wildman–Crippen LogP) is 2.38. The molecule has 14 heavy (non-hydrogen) atoms. The molecule has 0 atom stereocenters. The summed E-state index contributed by atoms with van der Waals surface area (Å²) >= 11 is 7.17. The molecule has 0 fully saturated rings. The third-order valence-electron chi connectivity index (χ3n) is 1.58. The maximum absolute atomic E-state index is 11.0. The topological polar surface area (TPSA) is 39.2 Å². The fourth-order valence-corrected chi connectivity index (χ4v) is 1.97. The van der Waals surface area contributed by atoms with E-state index in [4.69, 9.17) is 16.3 Å². The number of carbonyl (C=O) groups excluding carboxylic acids is 1. The Morgan fingerprint density at radius 2 is 2.50 bits per heavy atom. The van der Waals surface area contributed by atoms with E-state index in [0.29, 0.717) is 25.3 Å². The van der Waals surface area contributed by atoms with Gasteiger partial charge in [-0.25, -0.2) is 4.98 Å². The second kappa shape index (κ2) is 5.98. The summed E-state index contributed by atoms with van der Waals surface area (Å²) in [5.74, 6) is 0.312. The van der Waals surface area contributed by atoms with E-state index < -0.39 is 0 Å². The molecular weight excluding hydrogens is 222 g/mol. The molecule has 5 heteroatoms. The van der Waals surface area contributed by atoms with Crippen molar-refractivity contribution in [2.24, 2.45) is 0 Å². The van der Waals surface area contributed by atoms with Gasteiger partial charge in [-0.3, -0.25) is 4.79 Å². The quantitative estimate of drug-likeness (QED) is 0.579. The molecule has 0 aliphatic carbocycles. The Morgan fingerprint density at radius 1 is 1.71 bits per heavy atom. The highest BCUT2D eigenvalue weighted by molar-refractivity contribution is 7.11. The van der Waals surface area contributed by atoms with Crippen LogP contribution in [0.3, 0.4) is 0 Å². The van der Waals surface area contributed by atoms with E-state index in [9.17, 15) is 4.79 Å². The van der Waals surface area contributed by atoms with Crippen molar-refractivity contribution >= 4 is 28.9 Å². The van der Waals surface area contributed by atoms with Crippen LogP contribution in [0.25, 0.3) is 0 Å². The predicted molar refractivity (Wildman–Crippen MR) is 56.6 cm³/mol. The van der Waals surface area contributed by atoms with E-state index in [0.717, 1.165) is 9.88 Å². The molecule has 3 nitrogen and oxygen atoms in total. The first-order valence-corrected chi connectivity index (χ1v) is 5.76. The van der Waals surface area contributed by atoms with Gasteiger partial charge in [0.2, 0.25) is 0 Å². The molecule has 0 saturated carbocycles. The highest BCUT2D eigenvalue weighted by Crippen LogP contribution is 2.16. The van der Waals surface area contributed by atoms with Crippen molar-refractivity contribution in [3.05, 3.63) is 16.1 Å². The Morgan fingerprint density at radius 3 is 3.07 bits per heavy atom. The lowest BCUT2D eigenvalue weighted by Crippen LogP contribution is -2.04. The number of thiazole rings is 1. The minimum absolute atomic E-state index is 0.171. The number of hydrogen-bond acceptors (Lipinski definition) is 4. The zero-order chi connectivity index (χ0) is 10.4. The minimum Gasteiger partial charge on any atom is -0.466 e. The number of halogens is 1. The van der Waals surface area contributed by atoms with Gasteiger partial charge in [-0.1, -0.05) is 0 Å². The van der Waals surface area contributed by atoms with Crippen molar-refractivity contribution in [3.8, 4) is 0 Å². The van der Waals surface area contributed by atoms with Gasteiger partial charge in [0.05, 0.1) is 23.9 Å². The fraction of sp³-hybridized carbons (Fsp3) is 0.556. The van der Waals surface area contributed by atoms with Gasteiger partial charge in [-0.15, -0.1) is 22.9 Å². The average Bonchev–Trinajstić information content (AvgIpc) is 2.63. The minimum atomic E-state index is -0.171.